The summed E-state index contributed by atoms with van der Waals surface area (Å²) in [4.78, 5) is 30.7. The van der Waals surface area contributed by atoms with Crippen LogP contribution >= 0.6 is 11.3 Å². The number of anilines is 2. The molecule has 1 saturated heterocycles. The first kappa shape index (κ1) is 20.9. The molecule has 2 heterocycles. The fourth-order valence-corrected chi connectivity index (χ4v) is 4.23. The fraction of sp³-hybridized carbons (Fsp3) is 0.227. The van der Waals surface area contributed by atoms with Gasteiger partial charge >= 0.3 is 0 Å². The molecule has 1 aliphatic rings. The molecule has 0 saturated carbocycles. The normalized spacial score (nSPS) is 15.9. The van der Waals surface area contributed by atoms with E-state index in [0.717, 1.165) is 29.3 Å². The number of aromatic nitrogens is 1. The standard InChI is InChI=1S/C22H19F2N3O3S/c1-12-3-4-19(30-2)17(5-12)18-11-31-22(25-18)26-21(29)13-6-20(28)27(10-13)16-8-14(23)7-15(24)9-16/h3-5,7-9,11,13H,6,10H2,1-2H3,(H,25,26,29). The largest absolute Gasteiger partial charge is 0.496 e. The van der Waals surface area contributed by atoms with Gasteiger partial charge in [-0.3, -0.25) is 9.59 Å². The summed E-state index contributed by atoms with van der Waals surface area (Å²) >= 11 is 1.26. The molecule has 0 bridgehead atoms. The monoisotopic (exact) mass is 443 g/mol. The van der Waals surface area contributed by atoms with Crippen LogP contribution in [0.5, 0.6) is 5.75 Å². The molecule has 0 spiro atoms. The zero-order chi connectivity index (χ0) is 22.1. The average molecular weight is 443 g/mol. The van der Waals surface area contributed by atoms with E-state index in [2.05, 4.69) is 10.3 Å². The highest BCUT2D eigenvalue weighted by Gasteiger charge is 2.35. The van der Waals surface area contributed by atoms with Gasteiger partial charge in [0.25, 0.3) is 0 Å². The summed E-state index contributed by atoms with van der Waals surface area (Å²) in [5.74, 6) is -2.28. The summed E-state index contributed by atoms with van der Waals surface area (Å²) < 4.78 is 32.4. The number of amides is 2. The van der Waals surface area contributed by atoms with Crippen LogP contribution in [0.1, 0.15) is 12.0 Å². The van der Waals surface area contributed by atoms with E-state index in [9.17, 15) is 18.4 Å². The number of hydrogen-bond donors (Lipinski definition) is 1. The van der Waals surface area contributed by atoms with E-state index in [1.165, 1.54) is 16.2 Å². The lowest BCUT2D eigenvalue weighted by molar-refractivity contribution is -0.122. The molecule has 1 aliphatic heterocycles. The molecule has 9 heteroatoms. The Morgan fingerprint density at radius 3 is 2.68 bits per heavy atom. The van der Waals surface area contributed by atoms with Crippen molar-refractivity contribution in [1.82, 2.24) is 4.98 Å². The number of carbonyl (C=O) groups is 2. The third kappa shape index (κ3) is 4.41. The maximum Gasteiger partial charge on any atom is 0.231 e. The van der Waals surface area contributed by atoms with Crippen LogP contribution in [0.15, 0.2) is 41.8 Å². The molecule has 1 aromatic heterocycles. The Kier molecular flexibility index (Phi) is 5.69. The van der Waals surface area contributed by atoms with Gasteiger partial charge in [0.15, 0.2) is 5.13 Å². The van der Waals surface area contributed by atoms with E-state index in [-0.39, 0.29) is 30.5 Å². The van der Waals surface area contributed by atoms with Gasteiger partial charge < -0.3 is 15.0 Å². The summed E-state index contributed by atoms with van der Waals surface area (Å²) in [7, 11) is 1.58. The van der Waals surface area contributed by atoms with Crippen LogP contribution in [-0.4, -0.2) is 30.5 Å². The zero-order valence-corrected chi connectivity index (χ0v) is 17.6. The summed E-state index contributed by atoms with van der Waals surface area (Å²) in [5.41, 5.74) is 2.63. The lowest BCUT2D eigenvalue weighted by Crippen LogP contribution is -2.28. The lowest BCUT2D eigenvalue weighted by Gasteiger charge is -2.16. The number of carbonyl (C=O) groups excluding carboxylic acids is 2. The van der Waals surface area contributed by atoms with Gasteiger partial charge in [0.05, 0.1) is 18.7 Å². The predicted molar refractivity (Wildman–Crippen MR) is 114 cm³/mol. The van der Waals surface area contributed by atoms with Crippen molar-refractivity contribution >= 4 is 34.0 Å². The van der Waals surface area contributed by atoms with Crippen molar-refractivity contribution in [2.75, 3.05) is 23.9 Å². The van der Waals surface area contributed by atoms with Gasteiger partial charge in [0.2, 0.25) is 11.8 Å². The van der Waals surface area contributed by atoms with E-state index in [1.54, 1.807) is 7.11 Å². The maximum absolute atomic E-state index is 13.5. The van der Waals surface area contributed by atoms with E-state index in [0.29, 0.717) is 16.6 Å². The van der Waals surface area contributed by atoms with E-state index >= 15 is 0 Å². The molecule has 1 atom stereocenters. The van der Waals surface area contributed by atoms with Gasteiger partial charge in [-0.25, -0.2) is 13.8 Å². The third-order valence-electron chi connectivity index (χ3n) is 5.02. The number of nitrogens with one attached hydrogen (secondary N) is 1. The predicted octanol–water partition coefficient (Wildman–Crippen LogP) is 4.40. The summed E-state index contributed by atoms with van der Waals surface area (Å²) in [6, 6.07) is 8.62. The van der Waals surface area contributed by atoms with Crippen molar-refractivity contribution in [2.45, 2.75) is 13.3 Å². The van der Waals surface area contributed by atoms with Crippen molar-refractivity contribution in [1.29, 1.82) is 0 Å². The van der Waals surface area contributed by atoms with Gasteiger partial charge in [-0.15, -0.1) is 11.3 Å². The van der Waals surface area contributed by atoms with Gasteiger partial charge in [-0.1, -0.05) is 11.6 Å². The van der Waals surface area contributed by atoms with E-state index in [4.69, 9.17) is 4.74 Å². The van der Waals surface area contributed by atoms with Crippen LogP contribution in [0.4, 0.5) is 19.6 Å². The molecule has 160 valence electrons. The first-order chi connectivity index (χ1) is 14.8. The second-order valence-corrected chi connectivity index (χ2v) is 8.12. The summed E-state index contributed by atoms with van der Waals surface area (Å²) in [6.07, 6.45) is -0.0477. The van der Waals surface area contributed by atoms with E-state index < -0.39 is 17.6 Å². The minimum atomic E-state index is -0.780. The highest BCUT2D eigenvalue weighted by Crippen LogP contribution is 2.33. The fourth-order valence-electron chi connectivity index (χ4n) is 3.51. The minimum absolute atomic E-state index is 0.0392. The van der Waals surface area contributed by atoms with Crippen molar-refractivity contribution < 1.29 is 23.1 Å². The summed E-state index contributed by atoms with van der Waals surface area (Å²) in [5, 5.41) is 4.95. The van der Waals surface area contributed by atoms with Crippen LogP contribution in [-0.2, 0) is 9.59 Å². The van der Waals surface area contributed by atoms with Crippen molar-refractivity contribution in [3.8, 4) is 17.0 Å². The van der Waals surface area contributed by atoms with Gasteiger partial charge in [0, 0.05) is 35.7 Å². The molecular formula is C22H19F2N3O3S. The average Bonchev–Trinajstić information content (AvgIpc) is 3.34. The highest BCUT2D eigenvalue weighted by atomic mass is 32.1. The lowest BCUT2D eigenvalue weighted by atomic mass is 10.1. The molecule has 0 radical (unpaired) electrons. The Labute approximate surface area is 181 Å². The molecule has 4 rings (SSSR count). The van der Waals surface area contributed by atoms with Crippen LogP contribution in [0.25, 0.3) is 11.3 Å². The zero-order valence-electron chi connectivity index (χ0n) is 16.8. The Bertz CT molecular complexity index is 1140. The van der Waals surface area contributed by atoms with Crippen LogP contribution in [0.3, 0.4) is 0 Å². The van der Waals surface area contributed by atoms with Gasteiger partial charge in [-0.2, -0.15) is 0 Å². The molecule has 6 nitrogen and oxygen atoms in total. The molecule has 0 aliphatic carbocycles. The number of aryl methyl sites for hydroxylation is 1. The number of benzene rings is 2. The quantitative estimate of drug-likeness (QED) is 0.635. The molecule has 2 aromatic carbocycles. The molecule has 1 unspecified atom stereocenters. The molecular weight excluding hydrogens is 424 g/mol. The number of ether oxygens (including phenoxy) is 1. The Balaban J connectivity index is 1.47. The first-order valence-electron chi connectivity index (χ1n) is 9.52. The van der Waals surface area contributed by atoms with Crippen LogP contribution in [0, 0.1) is 24.5 Å². The Morgan fingerprint density at radius 2 is 1.97 bits per heavy atom. The smallest absolute Gasteiger partial charge is 0.231 e. The number of nitrogens with zero attached hydrogens (tertiary/aromatic N) is 2. The number of hydrogen-bond acceptors (Lipinski definition) is 5. The molecule has 31 heavy (non-hydrogen) atoms. The van der Waals surface area contributed by atoms with Gasteiger partial charge in [0.1, 0.15) is 17.4 Å². The summed E-state index contributed by atoms with van der Waals surface area (Å²) in [6.45, 7) is 2.00. The van der Waals surface area contributed by atoms with Crippen molar-refractivity contribution in [2.24, 2.45) is 5.92 Å². The van der Waals surface area contributed by atoms with Crippen LogP contribution < -0.4 is 15.0 Å². The van der Waals surface area contributed by atoms with Crippen LogP contribution in [0.2, 0.25) is 0 Å². The van der Waals surface area contributed by atoms with E-state index in [1.807, 2.05) is 30.5 Å². The first-order valence-corrected chi connectivity index (χ1v) is 10.4. The molecule has 1 fully saturated rings. The van der Waals surface area contributed by atoms with Gasteiger partial charge in [-0.05, 0) is 31.2 Å². The molecule has 2 amide bonds. The number of methoxy groups -OCH3 is 1. The highest BCUT2D eigenvalue weighted by molar-refractivity contribution is 7.14. The molecule has 1 N–H and O–H groups in total. The Morgan fingerprint density at radius 1 is 1.23 bits per heavy atom. The topological polar surface area (TPSA) is 71.5 Å². The number of halogens is 2. The second-order valence-electron chi connectivity index (χ2n) is 7.26. The Hall–Kier alpha value is -3.33. The van der Waals surface area contributed by atoms with Crippen molar-refractivity contribution in [3.05, 3.63) is 59.0 Å². The van der Waals surface area contributed by atoms with Crippen molar-refractivity contribution in [3.63, 3.8) is 0 Å². The molecule has 3 aromatic rings. The number of thiazole rings is 1. The number of rotatable bonds is 5. The minimum Gasteiger partial charge on any atom is -0.496 e. The third-order valence-corrected chi connectivity index (χ3v) is 5.78. The second kappa shape index (κ2) is 8.43. The SMILES string of the molecule is COc1ccc(C)cc1-c1csc(NC(=O)C2CC(=O)N(c3cc(F)cc(F)c3)C2)n1. The maximum atomic E-state index is 13.5.